The van der Waals surface area contributed by atoms with Gasteiger partial charge in [-0.05, 0) is 39.8 Å². The van der Waals surface area contributed by atoms with Gasteiger partial charge in [-0.1, -0.05) is 6.08 Å². The lowest BCUT2D eigenvalue weighted by atomic mass is 9.99. The highest BCUT2D eigenvalue weighted by Gasteiger charge is 2.33. The third kappa shape index (κ3) is 4.28. The lowest BCUT2D eigenvalue weighted by molar-refractivity contribution is -0.178. The van der Waals surface area contributed by atoms with Crippen LogP contribution in [0.1, 0.15) is 33.3 Å². The van der Waals surface area contributed by atoms with Gasteiger partial charge in [-0.25, -0.2) is 9.97 Å². The minimum atomic E-state index is -0.905. The monoisotopic (exact) mass is 441 g/mol. The van der Waals surface area contributed by atoms with Crippen molar-refractivity contribution in [2.75, 3.05) is 34.5 Å². The summed E-state index contributed by atoms with van der Waals surface area (Å²) >= 11 is 0. The molecule has 3 aromatic rings. The first-order valence-electron chi connectivity index (χ1n) is 10.6. The van der Waals surface area contributed by atoms with Crippen LogP contribution in [0, 0.1) is 0 Å². The summed E-state index contributed by atoms with van der Waals surface area (Å²) < 4.78 is 28.4. The molecule has 32 heavy (non-hydrogen) atoms. The zero-order chi connectivity index (χ0) is 23.3. The molecule has 0 aliphatic rings. The van der Waals surface area contributed by atoms with Gasteiger partial charge in [0, 0.05) is 36.1 Å². The van der Waals surface area contributed by atoms with Crippen molar-refractivity contribution in [3.63, 3.8) is 0 Å². The van der Waals surface area contributed by atoms with Crippen LogP contribution in [-0.4, -0.2) is 55.3 Å². The molecule has 0 saturated heterocycles. The van der Waals surface area contributed by atoms with Crippen molar-refractivity contribution in [1.82, 2.24) is 15.0 Å². The SMILES string of the molecule is CC=C(c1c[nH]c2ncc(-c3cc(OC)c(OC)c(OC)c3)nc12)C(C)(OCC)OCC. The number of nitrogens with zero attached hydrogens (tertiary/aromatic N) is 2. The molecule has 1 aromatic carbocycles. The van der Waals surface area contributed by atoms with Gasteiger partial charge >= 0.3 is 0 Å². The predicted octanol–water partition coefficient (Wildman–Crippen LogP) is 4.84. The van der Waals surface area contributed by atoms with E-state index in [9.17, 15) is 0 Å². The number of ether oxygens (including phenoxy) is 5. The Morgan fingerprint density at radius 3 is 2.16 bits per heavy atom. The van der Waals surface area contributed by atoms with Crippen molar-refractivity contribution in [2.45, 2.75) is 33.5 Å². The maximum atomic E-state index is 6.00. The molecule has 172 valence electrons. The van der Waals surface area contributed by atoms with Gasteiger partial charge in [-0.15, -0.1) is 0 Å². The third-order valence-electron chi connectivity index (χ3n) is 5.25. The fourth-order valence-electron chi connectivity index (χ4n) is 3.88. The molecule has 0 amide bonds. The highest BCUT2D eigenvalue weighted by Crippen LogP contribution is 2.41. The Bertz CT molecular complexity index is 1080. The van der Waals surface area contributed by atoms with E-state index in [4.69, 9.17) is 28.7 Å². The Labute approximate surface area is 188 Å². The molecule has 2 heterocycles. The molecule has 0 radical (unpaired) electrons. The summed E-state index contributed by atoms with van der Waals surface area (Å²) in [6.45, 7) is 8.80. The summed E-state index contributed by atoms with van der Waals surface area (Å²) in [6.07, 6.45) is 5.58. The Hall–Kier alpha value is -3.10. The molecule has 3 rings (SSSR count). The zero-order valence-electron chi connectivity index (χ0n) is 19.7. The average Bonchev–Trinajstić information content (AvgIpc) is 3.21. The summed E-state index contributed by atoms with van der Waals surface area (Å²) in [6, 6.07) is 3.70. The van der Waals surface area contributed by atoms with Gasteiger partial charge in [-0.3, -0.25) is 0 Å². The molecule has 0 bridgehead atoms. The van der Waals surface area contributed by atoms with E-state index < -0.39 is 5.79 Å². The number of allylic oxidation sites excluding steroid dienone is 1. The second kappa shape index (κ2) is 10.0. The van der Waals surface area contributed by atoms with Gasteiger partial charge < -0.3 is 28.7 Å². The minimum Gasteiger partial charge on any atom is -0.493 e. The number of H-pyrrole nitrogens is 1. The van der Waals surface area contributed by atoms with Crippen LogP contribution >= 0.6 is 0 Å². The van der Waals surface area contributed by atoms with Crippen LogP contribution in [0.25, 0.3) is 28.0 Å². The molecule has 2 aromatic heterocycles. The number of aromatic amines is 1. The van der Waals surface area contributed by atoms with Crippen LogP contribution in [0.15, 0.2) is 30.6 Å². The number of methoxy groups -OCH3 is 3. The maximum absolute atomic E-state index is 6.00. The van der Waals surface area contributed by atoms with Crippen molar-refractivity contribution < 1.29 is 23.7 Å². The van der Waals surface area contributed by atoms with Crippen LogP contribution in [0.4, 0.5) is 0 Å². The van der Waals surface area contributed by atoms with Gasteiger partial charge in [0.05, 0.1) is 33.2 Å². The van der Waals surface area contributed by atoms with Crippen molar-refractivity contribution in [3.8, 4) is 28.5 Å². The molecule has 1 N–H and O–H groups in total. The van der Waals surface area contributed by atoms with Gasteiger partial charge in [0.1, 0.15) is 5.52 Å². The Balaban J connectivity index is 2.16. The summed E-state index contributed by atoms with van der Waals surface area (Å²) in [4.78, 5) is 12.7. The van der Waals surface area contributed by atoms with Crippen molar-refractivity contribution in [2.24, 2.45) is 0 Å². The Kier molecular flexibility index (Phi) is 7.37. The van der Waals surface area contributed by atoms with Crippen LogP contribution < -0.4 is 14.2 Å². The topological polar surface area (TPSA) is 87.7 Å². The molecule has 0 spiro atoms. The number of aromatic nitrogens is 3. The molecule has 0 atom stereocenters. The molecular formula is C24H31N3O5. The van der Waals surface area contributed by atoms with E-state index in [-0.39, 0.29) is 0 Å². The molecular weight excluding hydrogens is 410 g/mol. The van der Waals surface area contributed by atoms with Crippen LogP contribution in [-0.2, 0) is 9.47 Å². The third-order valence-corrected chi connectivity index (χ3v) is 5.25. The van der Waals surface area contributed by atoms with Crippen molar-refractivity contribution in [3.05, 3.63) is 36.2 Å². The molecule has 0 unspecified atom stereocenters. The quantitative estimate of drug-likeness (QED) is 0.450. The van der Waals surface area contributed by atoms with E-state index >= 15 is 0 Å². The van der Waals surface area contributed by atoms with E-state index in [0.717, 1.165) is 22.2 Å². The highest BCUT2D eigenvalue weighted by molar-refractivity contribution is 5.90. The zero-order valence-corrected chi connectivity index (χ0v) is 19.7. The van der Waals surface area contributed by atoms with Crippen molar-refractivity contribution in [1.29, 1.82) is 0 Å². The maximum Gasteiger partial charge on any atom is 0.203 e. The summed E-state index contributed by atoms with van der Waals surface area (Å²) in [5.41, 5.74) is 4.60. The summed E-state index contributed by atoms with van der Waals surface area (Å²) in [5, 5.41) is 0. The Morgan fingerprint density at radius 1 is 1.03 bits per heavy atom. The standard InChI is InChI=1S/C24H31N3O5/c1-8-17(24(4,31-9-2)32-10-3)16-13-25-23-21(16)27-18(14-26-23)15-11-19(28-5)22(30-7)20(12-15)29-6/h8,11-14H,9-10H2,1-7H3,(H,25,26). The highest BCUT2D eigenvalue weighted by atomic mass is 16.7. The van der Waals surface area contributed by atoms with E-state index in [1.807, 2.05) is 52.1 Å². The normalized spacial score (nSPS) is 12.3. The minimum absolute atomic E-state index is 0.512. The second-order valence-electron chi connectivity index (χ2n) is 7.08. The molecule has 8 nitrogen and oxygen atoms in total. The fraction of sp³-hybridized carbons (Fsp3) is 0.417. The lowest BCUT2D eigenvalue weighted by Crippen LogP contribution is -2.34. The van der Waals surface area contributed by atoms with Gasteiger partial charge in [0.2, 0.25) is 5.75 Å². The number of nitrogens with one attached hydrogen (secondary N) is 1. The summed E-state index contributed by atoms with van der Waals surface area (Å²) in [7, 11) is 4.74. The lowest BCUT2D eigenvalue weighted by Gasteiger charge is -2.31. The molecule has 8 heteroatoms. The van der Waals surface area contributed by atoms with Crippen LogP contribution in [0.2, 0.25) is 0 Å². The van der Waals surface area contributed by atoms with E-state index in [0.29, 0.717) is 41.8 Å². The van der Waals surface area contributed by atoms with Gasteiger partial charge in [-0.2, -0.15) is 0 Å². The largest absolute Gasteiger partial charge is 0.493 e. The number of hydrogen-bond acceptors (Lipinski definition) is 7. The number of benzene rings is 1. The van der Waals surface area contributed by atoms with Crippen LogP contribution in [0.5, 0.6) is 17.2 Å². The van der Waals surface area contributed by atoms with Crippen LogP contribution in [0.3, 0.4) is 0 Å². The Morgan fingerprint density at radius 2 is 1.66 bits per heavy atom. The number of fused-ring (bicyclic) bond motifs is 1. The average molecular weight is 442 g/mol. The van der Waals surface area contributed by atoms with Crippen molar-refractivity contribution >= 4 is 16.7 Å². The predicted molar refractivity (Wildman–Crippen MR) is 124 cm³/mol. The van der Waals surface area contributed by atoms with E-state index in [1.165, 1.54) is 0 Å². The smallest absolute Gasteiger partial charge is 0.203 e. The molecule has 0 aliphatic heterocycles. The van der Waals surface area contributed by atoms with E-state index in [2.05, 4.69) is 9.97 Å². The van der Waals surface area contributed by atoms with E-state index in [1.54, 1.807) is 27.5 Å². The second-order valence-corrected chi connectivity index (χ2v) is 7.08. The first kappa shape index (κ1) is 23.6. The molecule has 0 fully saturated rings. The van der Waals surface area contributed by atoms with Gasteiger partial charge in [0.25, 0.3) is 0 Å². The molecule has 0 aliphatic carbocycles. The first-order valence-corrected chi connectivity index (χ1v) is 10.6. The summed E-state index contributed by atoms with van der Waals surface area (Å²) in [5.74, 6) is 0.716. The van der Waals surface area contributed by atoms with Gasteiger partial charge in [0.15, 0.2) is 22.9 Å². The first-order chi connectivity index (χ1) is 15.5. The number of rotatable bonds is 10. The molecule has 0 saturated carbocycles. The fourth-order valence-corrected chi connectivity index (χ4v) is 3.88. The number of hydrogen-bond donors (Lipinski definition) is 1.